The third-order valence-corrected chi connectivity index (χ3v) is 5.05. The summed E-state index contributed by atoms with van der Waals surface area (Å²) >= 11 is 0. The molecule has 0 N–H and O–H groups in total. The van der Waals surface area contributed by atoms with Crippen LogP contribution in [0.15, 0.2) is 0 Å². The van der Waals surface area contributed by atoms with Gasteiger partial charge in [0.2, 0.25) is 0 Å². The molecule has 2 aliphatic heterocycles. The summed E-state index contributed by atoms with van der Waals surface area (Å²) in [6.45, 7) is 13.6. The fourth-order valence-electron chi connectivity index (χ4n) is 3.65. The van der Waals surface area contributed by atoms with Crippen LogP contribution in [0.1, 0.15) is 46.5 Å². The summed E-state index contributed by atoms with van der Waals surface area (Å²) in [5, 5.41) is 0. The molecule has 2 saturated heterocycles. The van der Waals surface area contributed by atoms with Crippen LogP contribution in [0.4, 0.5) is 0 Å². The molecule has 0 aromatic heterocycles. The third-order valence-electron chi connectivity index (χ3n) is 5.05. The zero-order valence-electron chi connectivity index (χ0n) is 12.0. The highest BCUT2D eigenvalue weighted by Crippen LogP contribution is 2.32. The minimum Gasteiger partial charge on any atom is -0.304 e. The molecule has 0 aromatic carbocycles. The van der Waals surface area contributed by atoms with E-state index in [9.17, 15) is 0 Å². The Balaban J connectivity index is 1.74. The van der Waals surface area contributed by atoms with Crippen molar-refractivity contribution >= 4 is 0 Å². The molecule has 17 heavy (non-hydrogen) atoms. The van der Waals surface area contributed by atoms with Crippen molar-refractivity contribution in [2.24, 2.45) is 11.8 Å². The molecule has 0 bridgehead atoms. The molecule has 0 amide bonds. The van der Waals surface area contributed by atoms with Crippen LogP contribution in [0.3, 0.4) is 0 Å². The average Bonchev–Trinajstić information content (AvgIpc) is 2.39. The quantitative estimate of drug-likeness (QED) is 0.746. The number of rotatable bonds is 3. The molecule has 2 aliphatic rings. The molecule has 0 aliphatic carbocycles. The number of likely N-dealkylation sites (tertiary alicyclic amines) is 2. The minimum absolute atomic E-state index is 0.748. The van der Waals surface area contributed by atoms with Gasteiger partial charge >= 0.3 is 0 Å². The first-order chi connectivity index (χ1) is 8.20. The number of piperidine rings is 2. The molecule has 2 nitrogen and oxygen atoms in total. The molecule has 0 aromatic rings. The Morgan fingerprint density at radius 2 is 1.35 bits per heavy atom. The van der Waals surface area contributed by atoms with Crippen LogP contribution in [0.5, 0.6) is 0 Å². The monoisotopic (exact) mass is 238 g/mol. The van der Waals surface area contributed by atoms with Gasteiger partial charge in [-0.05, 0) is 84.1 Å². The first-order valence-electron chi connectivity index (χ1n) is 7.67. The van der Waals surface area contributed by atoms with Gasteiger partial charge in [-0.3, -0.25) is 0 Å². The summed E-state index contributed by atoms with van der Waals surface area (Å²) in [7, 11) is 0. The van der Waals surface area contributed by atoms with E-state index in [1.54, 1.807) is 0 Å². The fraction of sp³-hybridized carbons (Fsp3) is 1.00. The zero-order valence-corrected chi connectivity index (χ0v) is 12.0. The van der Waals surface area contributed by atoms with Gasteiger partial charge in [0.25, 0.3) is 0 Å². The summed E-state index contributed by atoms with van der Waals surface area (Å²) in [4.78, 5) is 5.26. The maximum atomic E-state index is 2.65. The van der Waals surface area contributed by atoms with Gasteiger partial charge in [0.05, 0.1) is 0 Å². The van der Waals surface area contributed by atoms with Gasteiger partial charge in [-0.2, -0.15) is 0 Å². The lowest BCUT2D eigenvalue weighted by atomic mass is 9.78. The van der Waals surface area contributed by atoms with Crippen LogP contribution < -0.4 is 0 Å². The maximum absolute atomic E-state index is 2.65. The maximum Gasteiger partial charge on any atom is 0.00385 e. The molecular formula is C15H30N2. The van der Waals surface area contributed by atoms with E-state index in [4.69, 9.17) is 0 Å². The van der Waals surface area contributed by atoms with Crippen LogP contribution >= 0.6 is 0 Å². The van der Waals surface area contributed by atoms with Crippen molar-refractivity contribution in [1.82, 2.24) is 9.80 Å². The van der Waals surface area contributed by atoms with E-state index in [1.165, 1.54) is 58.4 Å². The summed E-state index contributed by atoms with van der Waals surface area (Å²) in [6, 6.07) is 0.748. The van der Waals surface area contributed by atoms with E-state index in [-0.39, 0.29) is 0 Å². The lowest BCUT2D eigenvalue weighted by Gasteiger charge is -2.41. The van der Waals surface area contributed by atoms with E-state index in [0.717, 1.165) is 17.9 Å². The molecule has 0 atom stereocenters. The minimum atomic E-state index is 0.748. The second kappa shape index (κ2) is 6.19. The van der Waals surface area contributed by atoms with Gasteiger partial charge in [0, 0.05) is 6.04 Å². The van der Waals surface area contributed by atoms with Crippen LogP contribution in [0, 0.1) is 11.8 Å². The Hall–Kier alpha value is -0.0800. The molecule has 0 saturated carbocycles. The predicted octanol–water partition coefficient (Wildman–Crippen LogP) is 2.84. The van der Waals surface area contributed by atoms with Crippen molar-refractivity contribution in [2.45, 2.75) is 52.5 Å². The molecule has 0 radical (unpaired) electrons. The summed E-state index contributed by atoms with van der Waals surface area (Å²) in [6.07, 6.45) is 5.82. The summed E-state index contributed by atoms with van der Waals surface area (Å²) < 4.78 is 0. The van der Waals surface area contributed by atoms with Crippen LogP contribution in [0.25, 0.3) is 0 Å². The van der Waals surface area contributed by atoms with Crippen LogP contribution in [0.2, 0.25) is 0 Å². The molecule has 100 valence electrons. The van der Waals surface area contributed by atoms with Crippen molar-refractivity contribution in [3.8, 4) is 0 Å². The second-order valence-corrected chi connectivity index (χ2v) is 6.24. The van der Waals surface area contributed by atoms with E-state index in [2.05, 4.69) is 30.6 Å². The van der Waals surface area contributed by atoms with E-state index in [0.29, 0.717) is 0 Å². The van der Waals surface area contributed by atoms with Crippen molar-refractivity contribution in [2.75, 3.05) is 32.7 Å². The van der Waals surface area contributed by atoms with E-state index < -0.39 is 0 Å². The van der Waals surface area contributed by atoms with Crippen LogP contribution in [-0.4, -0.2) is 48.6 Å². The standard InChI is InChI=1S/C15H30N2/c1-4-16-9-5-14(6-10-16)15-7-11-17(12-8-15)13(2)3/h13-15H,4-12H2,1-3H3. The van der Waals surface area contributed by atoms with Crippen molar-refractivity contribution in [3.05, 3.63) is 0 Å². The Kier molecular flexibility index (Phi) is 4.87. The summed E-state index contributed by atoms with van der Waals surface area (Å²) in [5.74, 6) is 2.07. The Morgan fingerprint density at radius 3 is 1.76 bits per heavy atom. The van der Waals surface area contributed by atoms with Gasteiger partial charge in [0.1, 0.15) is 0 Å². The fourth-order valence-corrected chi connectivity index (χ4v) is 3.65. The van der Waals surface area contributed by atoms with E-state index in [1.807, 2.05) is 0 Å². The Morgan fingerprint density at radius 1 is 0.882 bits per heavy atom. The van der Waals surface area contributed by atoms with Crippen LogP contribution in [-0.2, 0) is 0 Å². The smallest absolute Gasteiger partial charge is 0.00385 e. The van der Waals surface area contributed by atoms with Gasteiger partial charge in [-0.15, -0.1) is 0 Å². The highest BCUT2D eigenvalue weighted by molar-refractivity contribution is 4.82. The van der Waals surface area contributed by atoms with Gasteiger partial charge < -0.3 is 9.80 Å². The van der Waals surface area contributed by atoms with Gasteiger partial charge in [-0.25, -0.2) is 0 Å². The molecule has 0 unspecified atom stereocenters. The van der Waals surface area contributed by atoms with Gasteiger partial charge in [0.15, 0.2) is 0 Å². The molecule has 0 spiro atoms. The molecule has 2 heteroatoms. The topological polar surface area (TPSA) is 6.48 Å². The lowest BCUT2D eigenvalue weighted by molar-refractivity contribution is 0.0854. The number of hydrogen-bond donors (Lipinski definition) is 0. The normalized spacial score (nSPS) is 26.8. The van der Waals surface area contributed by atoms with Gasteiger partial charge in [-0.1, -0.05) is 6.92 Å². The first-order valence-corrected chi connectivity index (χ1v) is 7.67. The van der Waals surface area contributed by atoms with Crippen molar-refractivity contribution in [3.63, 3.8) is 0 Å². The van der Waals surface area contributed by atoms with E-state index >= 15 is 0 Å². The lowest BCUT2D eigenvalue weighted by Crippen LogP contribution is -2.42. The Labute approximate surface area is 107 Å². The summed E-state index contributed by atoms with van der Waals surface area (Å²) in [5.41, 5.74) is 0. The third kappa shape index (κ3) is 3.45. The SMILES string of the molecule is CCN1CCC(C2CCN(C(C)C)CC2)CC1. The number of hydrogen-bond acceptors (Lipinski definition) is 2. The highest BCUT2D eigenvalue weighted by atomic mass is 15.2. The average molecular weight is 238 g/mol. The van der Waals surface area contributed by atoms with Crippen molar-refractivity contribution < 1.29 is 0 Å². The van der Waals surface area contributed by atoms with Crippen molar-refractivity contribution in [1.29, 1.82) is 0 Å². The molecule has 2 fully saturated rings. The largest absolute Gasteiger partial charge is 0.304 e. The Bertz CT molecular complexity index is 211. The first kappa shape index (κ1) is 13.4. The molecule has 2 rings (SSSR count). The zero-order chi connectivity index (χ0) is 12.3. The molecular weight excluding hydrogens is 208 g/mol. The predicted molar refractivity (Wildman–Crippen MR) is 74.3 cm³/mol. The number of nitrogens with zero attached hydrogens (tertiary/aromatic N) is 2. The molecule has 2 heterocycles. The highest BCUT2D eigenvalue weighted by Gasteiger charge is 2.29. The second-order valence-electron chi connectivity index (χ2n) is 6.24.